The van der Waals surface area contributed by atoms with Crippen LogP contribution in [0.4, 0.5) is 5.69 Å². The Morgan fingerprint density at radius 2 is 2.14 bits per heavy atom. The minimum absolute atomic E-state index is 0.163. The molecule has 0 aliphatic heterocycles. The van der Waals surface area contributed by atoms with Crippen molar-refractivity contribution in [3.8, 4) is 0 Å². The summed E-state index contributed by atoms with van der Waals surface area (Å²) in [4.78, 5) is 4.24. The standard InChI is InChI=1S/C12H11ClN4O2S2/c1-7-9-5-8(6-14-12(9)17(2)15-7)16-21(18,19)11-4-3-10(13)20-11/h3-6,16H,1-2H3. The average molecular weight is 343 g/mol. The van der Waals surface area contributed by atoms with Crippen LogP contribution in [0.3, 0.4) is 0 Å². The quantitative estimate of drug-likeness (QED) is 0.794. The number of thiophene rings is 1. The third-order valence-corrected chi connectivity index (χ3v) is 6.03. The van der Waals surface area contributed by atoms with Crippen molar-refractivity contribution in [1.82, 2.24) is 14.8 Å². The summed E-state index contributed by atoms with van der Waals surface area (Å²) in [5, 5.41) is 5.06. The highest BCUT2D eigenvalue weighted by Crippen LogP contribution is 2.28. The molecule has 0 saturated carbocycles. The van der Waals surface area contributed by atoms with E-state index in [0.717, 1.165) is 22.4 Å². The van der Waals surface area contributed by atoms with Crippen LogP contribution in [0.1, 0.15) is 5.69 Å². The fraction of sp³-hybridized carbons (Fsp3) is 0.167. The Kier molecular flexibility index (Phi) is 3.39. The summed E-state index contributed by atoms with van der Waals surface area (Å²) < 4.78 is 29.2. The van der Waals surface area contributed by atoms with Crippen molar-refractivity contribution >= 4 is 49.7 Å². The monoisotopic (exact) mass is 342 g/mol. The van der Waals surface area contributed by atoms with Gasteiger partial charge in [-0.15, -0.1) is 11.3 Å². The molecule has 0 saturated heterocycles. The topological polar surface area (TPSA) is 76.9 Å². The summed E-state index contributed by atoms with van der Waals surface area (Å²) in [6.45, 7) is 1.85. The molecule has 0 radical (unpaired) electrons. The number of halogens is 1. The molecule has 3 rings (SSSR count). The second-order valence-electron chi connectivity index (χ2n) is 4.47. The lowest BCUT2D eigenvalue weighted by Gasteiger charge is -2.06. The van der Waals surface area contributed by atoms with Crippen LogP contribution in [0, 0.1) is 6.92 Å². The van der Waals surface area contributed by atoms with Gasteiger partial charge in [-0.25, -0.2) is 13.4 Å². The lowest BCUT2D eigenvalue weighted by molar-refractivity contribution is 0.603. The number of hydrogen-bond acceptors (Lipinski definition) is 5. The zero-order chi connectivity index (χ0) is 15.2. The van der Waals surface area contributed by atoms with Gasteiger partial charge in [0.1, 0.15) is 4.21 Å². The van der Waals surface area contributed by atoms with Crippen LogP contribution < -0.4 is 4.72 Å². The van der Waals surface area contributed by atoms with Crippen molar-refractivity contribution < 1.29 is 8.42 Å². The number of pyridine rings is 1. The van der Waals surface area contributed by atoms with Crippen LogP contribution in [0.5, 0.6) is 0 Å². The predicted molar refractivity (Wildman–Crippen MR) is 83.4 cm³/mol. The van der Waals surface area contributed by atoms with Crippen molar-refractivity contribution in [2.75, 3.05) is 4.72 Å². The summed E-state index contributed by atoms with van der Waals surface area (Å²) >= 11 is 6.78. The van der Waals surface area contributed by atoms with Crippen molar-refractivity contribution in [2.45, 2.75) is 11.1 Å². The van der Waals surface area contributed by atoms with E-state index in [2.05, 4.69) is 14.8 Å². The lowest BCUT2D eigenvalue weighted by Crippen LogP contribution is -2.11. The molecule has 3 aromatic rings. The van der Waals surface area contributed by atoms with Gasteiger partial charge >= 0.3 is 0 Å². The molecule has 3 aromatic heterocycles. The van der Waals surface area contributed by atoms with Crippen LogP contribution >= 0.6 is 22.9 Å². The molecule has 3 heterocycles. The van der Waals surface area contributed by atoms with Gasteiger partial charge in [-0.2, -0.15) is 5.10 Å². The van der Waals surface area contributed by atoms with Crippen molar-refractivity contribution in [1.29, 1.82) is 0 Å². The van der Waals surface area contributed by atoms with Gasteiger partial charge in [0.25, 0.3) is 10.0 Å². The van der Waals surface area contributed by atoms with Gasteiger partial charge in [-0.1, -0.05) is 11.6 Å². The molecule has 1 N–H and O–H groups in total. The molecule has 0 fully saturated rings. The number of nitrogens with one attached hydrogen (secondary N) is 1. The normalized spacial score (nSPS) is 12.0. The molecule has 0 amide bonds. The maximum Gasteiger partial charge on any atom is 0.271 e. The van der Waals surface area contributed by atoms with E-state index in [1.165, 1.54) is 12.3 Å². The molecule has 0 spiro atoms. The van der Waals surface area contributed by atoms with Crippen LogP contribution in [-0.2, 0) is 17.1 Å². The molecule has 0 aliphatic carbocycles. The van der Waals surface area contributed by atoms with E-state index >= 15 is 0 Å². The first-order valence-corrected chi connectivity index (χ1v) is 8.62. The predicted octanol–water partition coefficient (Wildman–Crippen LogP) is 2.79. The van der Waals surface area contributed by atoms with E-state index in [4.69, 9.17) is 11.6 Å². The number of nitrogens with zero attached hydrogens (tertiary/aromatic N) is 3. The number of hydrogen-bond donors (Lipinski definition) is 1. The highest BCUT2D eigenvalue weighted by molar-refractivity contribution is 7.94. The summed E-state index contributed by atoms with van der Waals surface area (Å²) in [6, 6.07) is 4.74. The highest BCUT2D eigenvalue weighted by Gasteiger charge is 2.17. The molecule has 21 heavy (non-hydrogen) atoms. The minimum Gasteiger partial charge on any atom is -0.277 e. The summed E-state index contributed by atoms with van der Waals surface area (Å²) in [5.41, 5.74) is 1.89. The molecule has 9 heteroatoms. The van der Waals surface area contributed by atoms with Crippen LogP contribution in [0.2, 0.25) is 4.34 Å². The van der Waals surface area contributed by atoms with Gasteiger partial charge < -0.3 is 0 Å². The number of anilines is 1. The molecular weight excluding hydrogens is 332 g/mol. The number of sulfonamides is 1. The summed E-state index contributed by atoms with van der Waals surface area (Å²) in [6.07, 6.45) is 1.47. The Labute approximate surface area is 130 Å². The number of aryl methyl sites for hydroxylation is 2. The van der Waals surface area contributed by atoms with E-state index in [1.807, 2.05) is 6.92 Å². The van der Waals surface area contributed by atoms with Crippen molar-refractivity contribution in [3.05, 3.63) is 34.4 Å². The van der Waals surface area contributed by atoms with Crippen LogP contribution in [0.25, 0.3) is 11.0 Å². The SMILES string of the molecule is Cc1nn(C)c2ncc(NS(=O)(=O)c3ccc(Cl)s3)cc12. The zero-order valence-corrected chi connectivity index (χ0v) is 13.6. The first kappa shape index (κ1) is 14.3. The number of rotatable bonds is 3. The molecule has 0 unspecified atom stereocenters. The Morgan fingerprint density at radius 3 is 2.81 bits per heavy atom. The molecule has 110 valence electrons. The smallest absolute Gasteiger partial charge is 0.271 e. The molecule has 0 atom stereocenters. The maximum absolute atomic E-state index is 12.2. The Balaban J connectivity index is 2.00. The first-order valence-electron chi connectivity index (χ1n) is 5.94. The number of fused-ring (bicyclic) bond motifs is 1. The van der Waals surface area contributed by atoms with Gasteiger partial charge in [-0.3, -0.25) is 9.40 Å². The second kappa shape index (κ2) is 4.97. The largest absolute Gasteiger partial charge is 0.277 e. The maximum atomic E-state index is 12.2. The van der Waals surface area contributed by atoms with Crippen molar-refractivity contribution in [3.63, 3.8) is 0 Å². The van der Waals surface area contributed by atoms with E-state index in [-0.39, 0.29) is 4.21 Å². The van der Waals surface area contributed by atoms with E-state index in [9.17, 15) is 8.42 Å². The van der Waals surface area contributed by atoms with E-state index in [0.29, 0.717) is 15.7 Å². The molecule has 6 nitrogen and oxygen atoms in total. The first-order chi connectivity index (χ1) is 9.87. The second-order valence-corrected chi connectivity index (χ2v) is 8.09. The van der Waals surface area contributed by atoms with Crippen LogP contribution in [0.15, 0.2) is 28.6 Å². The fourth-order valence-corrected chi connectivity index (χ4v) is 4.53. The fourth-order valence-electron chi connectivity index (χ4n) is 2.01. The van der Waals surface area contributed by atoms with Gasteiger partial charge in [0.05, 0.1) is 21.9 Å². The Bertz CT molecular complexity index is 930. The lowest BCUT2D eigenvalue weighted by atomic mass is 10.3. The van der Waals surface area contributed by atoms with Gasteiger partial charge in [0, 0.05) is 12.4 Å². The van der Waals surface area contributed by atoms with Gasteiger partial charge in [0.15, 0.2) is 5.65 Å². The molecule has 0 bridgehead atoms. The Morgan fingerprint density at radius 1 is 1.38 bits per heavy atom. The molecule has 0 aliphatic rings. The highest BCUT2D eigenvalue weighted by atomic mass is 35.5. The van der Waals surface area contributed by atoms with Crippen LogP contribution in [-0.4, -0.2) is 23.2 Å². The van der Waals surface area contributed by atoms with E-state index in [1.54, 1.807) is 23.9 Å². The summed E-state index contributed by atoms with van der Waals surface area (Å²) in [7, 11) is -1.86. The van der Waals surface area contributed by atoms with E-state index < -0.39 is 10.0 Å². The Hall–Kier alpha value is -1.64. The molecular formula is C12H11ClN4O2S2. The third-order valence-electron chi connectivity index (χ3n) is 2.93. The zero-order valence-electron chi connectivity index (χ0n) is 11.2. The average Bonchev–Trinajstić information content (AvgIpc) is 2.95. The van der Waals surface area contributed by atoms with Gasteiger partial charge in [-0.05, 0) is 25.1 Å². The molecule has 0 aromatic carbocycles. The number of aromatic nitrogens is 3. The van der Waals surface area contributed by atoms with Gasteiger partial charge in [0.2, 0.25) is 0 Å². The third kappa shape index (κ3) is 2.61. The van der Waals surface area contributed by atoms with Crippen molar-refractivity contribution in [2.24, 2.45) is 7.05 Å². The minimum atomic E-state index is -3.65. The summed E-state index contributed by atoms with van der Waals surface area (Å²) in [5.74, 6) is 0.